The van der Waals surface area contributed by atoms with E-state index in [-0.39, 0.29) is 6.03 Å². The van der Waals surface area contributed by atoms with Gasteiger partial charge in [-0.1, -0.05) is 0 Å². The van der Waals surface area contributed by atoms with Crippen LogP contribution in [-0.4, -0.2) is 39.4 Å². The van der Waals surface area contributed by atoms with Gasteiger partial charge in [0.1, 0.15) is 23.5 Å². The SMILES string of the molecule is CCN=C1NC(=O)N(CCCn2ccnc2)C1c1cc(F)cc(F)c1. The Labute approximate surface area is 144 Å². The molecule has 0 radical (unpaired) electrons. The van der Waals surface area contributed by atoms with E-state index in [9.17, 15) is 13.6 Å². The second-order valence-corrected chi connectivity index (χ2v) is 5.74. The lowest BCUT2D eigenvalue weighted by molar-refractivity contribution is 0.204. The van der Waals surface area contributed by atoms with Crippen LogP contribution in [-0.2, 0) is 6.54 Å². The second-order valence-electron chi connectivity index (χ2n) is 5.74. The molecule has 0 saturated carbocycles. The van der Waals surface area contributed by atoms with Crippen molar-refractivity contribution in [2.24, 2.45) is 4.99 Å². The third kappa shape index (κ3) is 3.84. The molecule has 2 amide bonds. The van der Waals surface area contributed by atoms with E-state index >= 15 is 0 Å². The van der Waals surface area contributed by atoms with E-state index < -0.39 is 17.7 Å². The molecule has 1 aliphatic heterocycles. The highest BCUT2D eigenvalue weighted by Crippen LogP contribution is 2.28. The molecule has 0 spiro atoms. The maximum atomic E-state index is 13.6. The van der Waals surface area contributed by atoms with Gasteiger partial charge in [-0.3, -0.25) is 10.3 Å². The Hall–Kier alpha value is -2.77. The Bertz CT molecular complexity index is 755. The Morgan fingerprint density at radius 1 is 1.24 bits per heavy atom. The number of amides is 2. The van der Waals surface area contributed by atoms with Crippen LogP contribution >= 0.6 is 0 Å². The normalized spacial score (nSPS) is 18.8. The highest BCUT2D eigenvalue weighted by molar-refractivity contribution is 6.07. The van der Waals surface area contributed by atoms with Gasteiger partial charge in [0.2, 0.25) is 0 Å². The van der Waals surface area contributed by atoms with Crippen LogP contribution in [0.15, 0.2) is 41.9 Å². The minimum absolute atomic E-state index is 0.312. The maximum Gasteiger partial charge on any atom is 0.323 e. The van der Waals surface area contributed by atoms with Crippen LogP contribution in [0.3, 0.4) is 0 Å². The highest BCUT2D eigenvalue weighted by Gasteiger charge is 2.37. The molecule has 132 valence electrons. The summed E-state index contributed by atoms with van der Waals surface area (Å²) in [5.74, 6) is -0.938. The first-order chi connectivity index (χ1) is 12.1. The van der Waals surface area contributed by atoms with Crippen LogP contribution < -0.4 is 5.32 Å². The van der Waals surface area contributed by atoms with E-state index in [1.807, 2.05) is 17.7 Å². The van der Waals surface area contributed by atoms with E-state index in [2.05, 4.69) is 15.3 Å². The third-order valence-electron chi connectivity index (χ3n) is 3.97. The number of rotatable bonds is 6. The van der Waals surface area contributed by atoms with Crippen LogP contribution in [0.1, 0.15) is 24.9 Å². The molecule has 1 aliphatic rings. The minimum atomic E-state index is -0.677. The number of hydrogen-bond donors (Lipinski definition) is 1. The fourth-order valence-corrected chi connectivity index (χ4v) is 2.96. The molecule has 1 aromatic carbocycles. The molecular formula is C17H19F2N5O. The largest absolute Gasteiger partial charge is 0.337 e. The number of aryl methyl sites for hydroxylation is 1. The van der Waals surface area contributed by atoms with Crippen molar-refractivity contribution in [3.8, 4) is 0 Å². The number of halogens is 2. The number of imidazole rings is 1. The third-order valence-corrected chi connectivity index (χ3v) is 3.97. The summed E-state index contributed by atoms with van der Waals surface area (Å²) in [4.78, 5) is 22.1. The Balaban J connectivity index is 1.82. The molecule has 1 atom stereocenters. The summed E-state index contributed by atoms with van der Waals surface area (Å²) in [6.45, 7) is 3.42. The Morgan fingerprint density at radius 3 is 2.64 bits per heavy atom. The van der Waals surface area contributed by atoms with Crippen molar-refractivity contribution in [3.05, 3.63) is 54.1 Å². The van der Waals surface area contributed by atoms with Crippen molar-refractivity contribution in [1.29, 1.82) is 0 Å². The molecule has 3 rings (SSSR count). The summed E-state index contributed by atoms with van der Waals surface area (Å²) < 4.78 is 29.2. The number of nitrogens with one attached hydrogen (secondary N) is 1. The predicted octanol–water partition coefficient (Wildman–Crippen LogP) is 2.74. The van der Waals surface area contributed by atoms with E-state index in [1.165, 1.54) is 12.1 Å². The minimum Gasteiger partial charge on any atom is -0.337 e. The fraction of sp³-hybridized carbons (Fsp3) is 0.353. The average Bonchev–Trinajstić information content (AvgIpc) is 3.16. The fourth-order valence-electron chi connectivity index (χ4n) is 2.96. The second kappa shape index (κ2) is 7.42. The van der Waals surface area contributed by atoms with Gasteiger partial charge in [0.15, 0.2) is 0 Å². The lowest BCUT2D eigenvalue weighted by Gasteiger charge is -2.23. The van der Waals surface area contributed by atoms with Crippen molar-refractivity contribution >= 4 is 11.9 Å². The highest BCUT2D eigenvalue weighted by atomic mass is 19.1. The molecule has 1 fully saturated rings. The van der Waals surface area contributed by atoms with E-state index in [4.69, 9.17) is 0 Å². The maximum absolute atomic E-state index is 13.6. The summed E-state index contributed by atoms with van der Waals surface area (Å²) in [6, 6.07) is 2.37. The summed E-state index contributed by atoms with van der Waals surface area (Å²) in [5.41, 5.74) is 0.366. The lowest BCUT2D eigenvalue weighted by Crippen LogP contribution is -2.31. The quantitative estimate of drug-likeness (QED) is 0.873. The van der Waals surface area contributed by atoms with Gasteiger partial charge >= 0.3 is 6.03 Å². The monoisotopic (exact) mass is 347 g/mol. The van der Waals surface area contributed by atoms with Crippen LogP contribution in [0.2, 0.25) is 0 Å². The Morgan fingerprint density at radius 2 is 2.00 bits per heavy atom. The van der Waals surface area contributed by atoms with Crippen molar-refractivity contribution < 1.29 is 13.6 Å². The molecule has 8 heteroatoms. The molecule has 2 aromatic rings. The van der Waals surface area contributed by atoms with Crippen molar-refractivity contribution in [1.82, 2.24) is 19.8 Å². The molecule has 25 heavy (non-hydrogen) atoms. The number of hydrogen-bond acceptors (Lipinski definition) is 3. The number of amidine groups is 1. The lowest BCUT2D eigenvalue weighted by atomic mass is 10.0. The van der Waals surface area contributed by atoms with Gasteiger partial charge in [0.25, 0.3) is 0 Å². The average molecular weight is 347 g/mol. The van der Waals surface area contributed by atoms with Crippen molar-refractivity contribution in [3.63, 3.8) is 0 Å². The molecular weight excluding hydrogens is 328 g/mol. The Kier molecular flexibility index (Phi) is 5.06. The van der Waals surface area contributed by atoms with Gasteiger partial charge in [-0.05, 0) is 31.0 Å². The summed E-state index contributed by atoms with van der Waals surface area (Å²) in [6.07, 6.45) is 5.91. The summed E-state index contributed by atoms with van der Waals surface area (Å²) in [7, 11) is 0. The summed E-state index contributed by atoms with van der Waals surface area (Å²) in [5, 5.41) is 2.71. The zero-order chi connectivity index (χ0) is 17.8. The number of carbonyl (C=O) groups is 1. The van der Waals surface area contributed by atoms with Gasteiger partial charge in [-0.25, -0.2) is 18.6 Å². The number of urea groups is 1. The number of aromatic nitrogens is 2. The van der Waals surface area contributed by atoms with Gasteiger partial charge in [0, 0.05) is 38.1 Å². The molecule has 1 saturated heterocycles. The number of carbonyl (C=O) groups excluding carboxylic acids is 1. The van der Waals surface area contributed by atoms with E-state index in [0.29, 0.717) is 37.5 Å². The number of aliphatic imine (C=N–C) groups is 1. The van der Waals surface area contributed by atoms with Crippen LogP contribution in [0.25, 0.3) is 0 Å². The molecule has 0 bridgehead atoms. The summed E-state index contributed by atoms with van der Waals surface area (Å²) >= 11 is 0. The molecule has 1 N–H and O–H groups in total. The molecule has 1 aromatic heterocycles. The van der Waals surface area contributed by atoms with Crippen LogP contribution in [0.4, 0.5) is 13.6 Å². The van der Waals surface area contributed by atoms with Crippen molar-refractivity contribution in [2.45, 2.75) is 25.9 Å². The molecule has 0 aliphatic carbocycles. The van der Waals surface area contributed by atoms with Crippen LogP contribution in [0, 0.1) is 11.6 Å². The van der Waals surface area contributed by atoms with Crippen molar-refractivity contribution in [2.75, 3.05) is 13.1 Å². The molecule has 6 nitrogen and oxygen atoms in total. The standard InChI is InChI=1S/C17H19F2N5O/c1-2-21-16-15(12-8-13(18)10-14(19)9-12)24(17(25)22-16)6-3-5-23-7-4-20-11-23/h4,7-11,15H,2-3,5-6H2,1H3,(H,21,22,25). The van der Waals surface area contributed by atoms with Gasteiger partial charge < -0.3 is 9.47 Å². The van der Waals surface area contributed by atoms with Gasteiger partial charge in [-0.2, -0.15) is 0 Å². The van der Waals surface area contributed by atoms with E-state index in [1.54, 1.807) is 17.4 Å². The first-order valence-corrected chi connectivity index (χ1v) is 8.12. The van der Waals surface area contributed by atoms with Gasteiger partial charge in [-0.15, -0.1) is 0 Å². The molecule has 1 unspecified atom stereocenters. The first-order valence-electron chi connectivity index (χ1n) is 8.12. The zero-order valence-electron chi connectivity index (χ0n) is 13.8. The zero-order valence-corrected chi connectivity index (χ0v) is 13.8. The van der Waals surface area contributed by atoms with E-state index in [0.717, 1.165) is 6.07 Å². The first kappa shape index (κ1) is 17.1. The van der Waals surface area contributed by atoms with Crippen LogP contribution in [0.5, 0.6) is 0 Å². The predicted molar refractivity (Wildman–Crippen MR) is 89.2 cm³/mol. The number of nitrogens with zero attached hydrogens (tertiary/aromatic N) is 4. The molecule has 2 heterocycles. The smallest absolute Gasteiger partial charge is 0.323 e. The topological polar surface area (TPSA) is 62.5 Å². The number of benzene rings is 1. The van der Waals surface area contributed by atoms with Gasteiger partial charge in [0.05, 0.1) is 6.33 Å².